The van der Waals surface area contributed by atoms with Gasteiger partial charge in [-0.2, -0.15) is 0 Å². The summed E-state index contributed by atoms with van der Waals surface area (Å²) < 4.78 is 1.91. The van der Waals surface area contributed by atoms with Crippen LogP contribution in [0.5, 0.6) is 0 Å². The van der Waals surface area contributed by atoms with Crippen LogP contribution in [0.4, 0.5) is 0 Å². The summed E-state index contributed by atoms with van der Waals surface area (Å²) >= 11 is 19.8. The predicted molar refractivity (Wildman–Crippen MR) is 120 cm³/mol. The fraction of sp³-hybridized carbons (Fsp3) is 0.250. The molecule has 5 nitrogen and oxygen atoms in total. The second kappa shape index (κ2) is 10.3. The molecule has 0 bridgehead atoms. The molecular weight excluding hydrogens is 451 g/mol. The van der Waals surface area contributed by atoms with Crippen LogP contribution in [-0.4, -0.2) is 26.4 Å². The Morgan fingerprint density at radius 2 is 1.90 bits per heavy atom. The number of unbranched alkanes of at least 4 members (excludes halogenated alkanes) is 1. The maximum absolute atomic E-state index is 12.5. The van der Waals surface area contributed by atoms with Crippen molar-refractivity contribution in [1.29, 1.82) is 0 Å². The Balaban J connectivity index is 1.83. The summed E-state index contributed by atoms with van der Waals surface area (Å²) in [4.78, 5) is 12.5. The molecule has 29 heavy (non-hydrogen) atoms. The van der Waals surface area contributed by atoms with Gasteiger partial charge in [-0.25, -0.2) is 0 Å². The summed E-state index contributed by atoms with van der Waals surface area (Å²) in [5.41, 5.74) is 1.19. The predicted octanol–water partition coefficient (Wildman–Crippen LogP) is 6.05. The zero-order valence-electron chi connectivity index (χ0n) is 15.7. The smallest absolute Gasteiger partial charge is 0.253 e. The van der Waals surface area contributed by atoms with Gasteiger partial charge in [0.15, 0.2) is 11.0 Å². The Morgan fingerprint density at radius 3 is 2.62 bits per heavy atom. The molecule has 0 unspecified atom stereocenters. The highest BCUT2D eigenvalue weighted by Crippen LogP contribution is 2.25. The minimum Gasteiger partial charge on any atom is -0.345 e. The molecule has 0 spiro atoms. The van der Waals surface area contributed by atoms with E-state index in [1.165, 1.54) is 6.07 Å². The summed E-state index contributed by atoms with van der Waals surface area (Å²) in [6.07, 6.45) is 2.18. The van der Waals surface area contributed by atoms with Crippen molar-refractivity contribution >= 4 is 52.5 Å². The third-order valence-electron chi connectivity index (χ3n) is 4.08. The van der Waals surface area contributed by atoms with E-state index in [-0.39, 0.29) is 12.5 Å². The van der Waals surface area contributed by atoms with E-state index in [2.05, 4.69) is 22.4 Å². The van der Waals surface area contributed by atoms with Crippen LogP contribution in [0.15, 0.2) is 47.6 Å². The van der Waals surface area contributed by atoms with Gasteiger partial charge in [-0.15, -0.1) is 10.2 Å². The minimum atomic E-state index is -0.313. The number of hydrogen-bond donors (Lipinski definition) is 1. The molecule has 0 fully saturated rings. The maximum atomic E-state index is 12.5. The first-order valence-corrected chi connectivity index (χ1v) is 11.2. The molecule has 0 saturated heterocycles. The van der Waals surface area contributed by atoms with Gasteiger partial charge in [-0.3, -0.25) is 9.36 Å². The van der Waals surface area contributed by atoms with Gasteiger partial charge in [0.05, 0.1) is 22.8 Å². The van der Waals surface area contributed by atoms with Gasteiger partial charge in [0.25, 0.3) is 5.91 Å². The minimum absolute atomic E-state index is 0.186. The highest BCUT2D eigenvalue weighted by Gasteiger charge is 2.17. The van der Waals surface area contributed by atoms with Crippen molar-refractivity contribution in [3.8, 4) is 5.69 Å². The lowest BCUT2D eigenvalue weighted by molar-refractivity contribution is 0.0950. The average Bonchev–Trinajstić information content (AvgIpc) is 3.09. The molecule has 3 rings (SSSR count). The van der Waals surface area contributed by atoms with Gasteiger partial charge in [0.2, 0.25) is 0 Å². The number of hydrogen-bond acceptors (Lipinski definition) is 4. The van der Waals surface area contributed by atoms with E-state index in [0.29, 0.717) is 26.5 Å². The molecule has 0 aliphatic rings. The second-order valence-electron chi connectivity index (χ2n) is 6.22. The number of nitrogens with one attached hydrogen (secondary N) is 1. The first kappa shape index (κ1) is 22.0. The Bertz CT molecular complexity index is 1010. The van der Waals surface area contributed by atoms with E-state index in [1.807, 2.05) is 28.8 Å². The molecule has 1 N–H and O–H groups in total. The van der Waals surface area contributed by atoms with Crippen molar-refractivity contribution < 1.29 is 4.79 Å². The topological polar surface area (TPSA) is 59.8 Å². The number of carbonyl (C=O) groups excluding carboxylic acids is 1. The lowest BCUT2D eigenvalue weighted by Gasteiger charge is -2.12. The normalized spacial score (nSPS) is 10.9. The molecule has 3 aromatic rings. The van der Waals surface area contributed by atoms with Gasteiger partial charge in [-0.1, -0.05) is 66.0 Å². The lowest BCUT2D eigenvalue weighted by Crippen LogP contribution is -2.25. The average molecular weight is 470 g/mol. The van der Waals surface area contributed by atoms with Crippen molar-refractivity contribution in [2.24, 2.45) is 0 Å². The van der Waals surface area contributed by atoms with Gasteiger partial charge in [0.1, 0.15) is 0 Å². The summed E-state index contributed by atoms with van der Waals surface area (Å²) in [6, 6.07) is 12.2. The van der Waals surface area contributed by atoms with Gasteiger partial charge in [0, 0.05) is 15.8 Å². The Labute approximate surface area is 188 Å². The SMILES string of the molecule is CCCCSc1nnc(CNC(=O)c2ccc(Cl)cc2Cl)n1-c1cccc(Cl)c1. The van der Waals surface area contributed by atoms with E-state index in [4.69, 9.17) is 34.8 Å². The van der Waals surface area contributed by atoms with Crippen LogP contribution < -0.4 is 5.32 Å². The van der Waals surface area contributed by atoms with Crippen molar-refractivity contribution in [1.82, 2.24) is 20.1 Å². The first-order valence-electron chi connectivity index (χ1n) is 9.06. The monoisotopic (exact) mass is 468 g/mol. The molecule has 1 heterocycles. The van der Waals surface area contributed by atoms with Crippen LogP contribution in [-0.2, 0) is 6.54 Å². The fourth-order valence-corrected chi connectivity index (χ4v) is 4.35. The maximum Gasteiger partial charge on any atom is 0.253 e. The summed E-state index contributed by atoms with van der Waals surface area (Å²) in [7, 11) is 0. The van der Waals surface area contributed by atoms with Crippen LogP contribution >= 0.6 is 46.6 Å². The number of halogens is 3. The molecular formula is C20H19Cl3N4OS. The van der Waals surface area contributed by atoms with Gasteiger partial charge >= 0.3 is 0 Å². The number of nitrogens with zero attached hydrogens (tertiary/aromatic N) is 3. The molecule has 0 radical (unpaired) electrons. The van der Waals surface area contributed by atoms with Crippen molar-refractivity contribution in [3.05, 3.63) is 68.9 Å². The largest absolute Gasteiger partial charge is 0.345 e. The van der Waals surface area contributed by atoms with Crippen LogP contribution in [0, 0.1) is 0 Å². The molecule has 1 aromatic heterocycles. The molecule has 2 aromatic carbocycles. The number of thioether (sulfide) groups is 1. The van der Waals surface area contributed by atoms with Crippen LogP contribution in [0.2, 0.25) is 15.1 Å². The zero-order chi connectivity index (χ0) is 20.8. The first-order chi connectivity index (χ1) is 14.0. The standard InChI is InChI=1S/C20H19Cl3N4OS/c1-2-3-9-29-20-26-25-18(27(20)15-6-4-5-13(21)10-15)12-24-19(28)16-8-7-14(22)11-17(16)23/h4-8,10-11H,2-3,9,12H2,1H3,(H,24,28). The highest BCUT2D eigenvalue weighted by atomic mass is 35.5. The number of aromatic nitrogens is 3. The number of rotatable bonds is 8. The zero-order valence-corrected chi connectivity index (χ0v) is 18.7. The summed E-state index contributed by atoms with van der Waals surface area (Å²) in [5, 5.41) is 13.6. The van der Waals surface area contributed by atoms with Crippen molar-refractivity contribution in [2.45, 2.75) is 31.5 Å². The Kier molecular flexibility index (Phi) is 7.84. The Morgan fingerprint density at radius 1 is 1.10 bits per heavy atom. The molecule has 0 aliphatic heterocycles. The van der Waals surface area contributed by atoms with E-state index in [9.17, 15) is 4.79 Å². The molecule has 0 saturated carbocycles. The molecule has 152 valence electrons. The van der Waals surface area contributed by atoms with Gasteiger partial charge < -0.3 is 5.32 Å². The fourth-order valence-electron chi connectivity index (χ4n) is 2.62. The molecule has 1 amide bonds. The van der Waals surface area contributed by atoms with Crippen molar-refractivity contribution in [2.75, 3.05) is 5.75 Å². The third kappa shape index (κ3) is 5.66. The van der Waals surface area contributed by atoms with E-state index in [1.54, 1.807) is 23.9 Å². The second-order valence-corrected chi connectivity index (χ2v) is 8.57. The Hall–Kier alpha value is -1.73. The molecule has 0 aliphatic carbocycles. The highest BCUT2D eigenvalue weighted by molar-refractivity contribution is 7.99. The number of amides is 1. The number of carbonyl (C=O) groups is 1. The van der Waals surface area contributed by atoms with Crippen molar-refractivity contribution in [3.63, 3.8) is 0 Å². The van der Waals surface area contributed by atoms with Crippen LogP contribution in [0.25, 0.3) is 5.69 Å². The van der Waals surface area contributed by atoms with E-state index in [0.717, 1.165) is 29.4 Å². The number of benzene rings is 2. The van der Waals surface area contributed by atoms with Crippen LogP contribution in [0.1, 0.15) is 35.9 Å². The van der Waals surface area contributed by atoms with E-state index >= 15 is 0 Å². The summed E-state index contributed by atoms with van der Waals surface area (Å²) in [6.45, 7) is 2.33. The molecule has 0 atom stereocenters. The van der Waals surface area contributed by atoms with Crippen LogP contribution in [0.3, 0.4) is 0 Å². The van der Waals surface area contributed by atoms with Gasteiger partial charge in [-0.05, 0) is 42.8 Å². The lowest BCUT2D eigenvalue weighted by atomic mass is 10.2. The quantitative estimate of drug-likeness (QED) is 0.322. The summed E-state index contributed by atoms with van der Waals surface area (Å²) in [5.74, 6) is 1.22. The molecule has 9 heteroatoms. The third-order valence-corrected chi connectivity index (χ3v) is 5.88. The van der Waals surface area contributed by atoms with E-state index < -0.39 is 0 Å².